The molecule has 0 aliphatic heterocycles. The third-order valence-corrected chi connectivity index (χ3v) is 6.39. The summed E-state index contributed by atoms with van der Waals surface area (Å²) in [7, 11) is 0. The van der Waals surface area contributed by atoms with Crippen LogP contribution in [0.1, 0.15) is 82.5 Å². The molecule has 0 aliphatic rings. The number of ether oxygens (including phenoxy) is 3. The van der Waals surface area contributed by atoms with Gasteiger partial charge in [-0.2, -0.15) is 0 Å². The van der Waals surface area contributed by atoms with Crippen LogP contribution in [0.2, 0.25) is 0 Å². The Balaban J connectivity index is 2.51. The SMILES string of the molecule is CC/C=C\C/C=C\C/C=C\C/C=C\C/C=C\C/C=C\CC(=O)OCC(C)(C)[C@@H](OC(=O)c1cccnc1)C(=O)NCCC(=O)OC(=O)O. The van der Waals surface area contributed by atoms with E-state index in [1.807, 2.05) is 18.2 Å². The summed E-state index contributed by atoms with van der Waals surface area (Å²) >= 11 is 0. The first kappa shape index (κ1) is 41.0. The maximum Gasteiger partial charge on any atom is 0.513 e. The molecule has 0 radical (unpaired) electrons. The fourth-order valence-corrected chi connectivity index (χ4v) is 3.86. The number of nitrogens with zero attached hydrogens (tertiary/aromatic N) is 1. The number of nitrogens with one attached hydrogen (secondary N) is 1. The van der Waals surface area contributed by atoms with E-state index in [-0.39, 0.29) is 25.1 Å². The molecule has 1 amide bonds. The Morgan fingerprint density at radius 1 is 0.833 bits per heavy atom. The van der Waals surface area contributed by atoms with Crippen LogP contribution < -0.4 is 5.32 Å². The molecule has 2 N–H and O–H groups in total. The van der Waals surface area contributed by atoms with Gasteiger partial charge in [0.15, 0.2) is 6.10 Å². The Hall–Kier alpha value is -5.06. The standard InChI is InChI=1S/C37H48N2O9/c1-4-5-6-7-8-9-10-11-12-13-14-15-16-17-18-19-20-21-24-31(40)46-29-37(2,3)33(48-35(43)30-23-22-26-38-28-30)34(42)39-27-25-32(41)47-36(44)45/h5-6,8-9,11-12,14-15,17-18,20-23,26,28,33H,4,7,10,13,16,19,24-25,27,29H2,1-3H3,(H,39,42)(H,44,45)/b6-5-,9-8-,12-11-,15-14-,18-17-,21-20-/t33-/m0/s1. The van der Waals surface area contributed by atoms with Crippen molar-refractivity contribution < 1.29 is 43.3 Å². The van der Waals surface area contributed by atoms with Gasteiger partial charge in [-0.1, -0.05) is 93.7 Å². The molecule has 0 unspecified atom stereocenters. The highest BCUT2D eigenvalue weighted by Gasteiger charge is 2.40. The second-order valence-electron chi connectivity index (χ2n) is 11.1. The van der Waals surface area contributed by atoms with Crippen LogP contribution in [0.15, 0.2) is 97.4 Å². The minimum absolute atomic E-state index is 0.0127. The molecular formula is C37H48N2O9. The summed E-state index contributed by atoms with van der Waals surface area (Å²) in [4.78, 5) is 64.0. The summed E-state index contributed by atoms with van der Waals surface area (Å²) in [5.41, 5.74) is -1.08. The molecule has 0 saturated carbocycles. The maximum atomic E-state index is 13.0. The normalized spacial score (nSPS) is 12.8. The van der Waals surface area contributed by atoms with Crippen LogP contribution in [0.4, 0.5) is 4.79 Å². The van der Waals surface area contributed by atoms with E-state index in [9.17, 15) is 24.0 Å². The van der Waals surface area contributed by atoms with E-state index in [2.05, 4.69) is 70.6 Å². The first-order valence-corrected chi connectivity index (χ1v) is 15.9. The number of amides is 1. The lowest BCUT2D eigenvalue weighted by Crippen LogP contribution is -2.49. The van der Waals surface area contributed by atoms with Gasteiger partial charge < -0.3 is 24.6 Å². The number of carboxylic acid groups (broad SMARTS) is 1. The van der Waals surface area contributed by atoms with Gasteiger partial charge >= 0.3 is 24.1 Å². The van der Waals surface area contributed by atoms with E-state index in [0.29, 0.717) is 6.42 Å². The minimum Gasteiger partial charge on any atom is -0.465 e. The predicted molar refractivity (Wildman–Crippen MR) is 183 cm³/mol. The first-order chi connectivity index (χ1) is 23.1. The Morgan fingerprint density at radius 2 is 1.38 bits per heavy atom. The number of hydrogen-bond acceptors (Lipinski definition) is 9. The number of aromatic nitrogens is 1. The van der Waals surface area contributed by atoms with Crippen LogP contribution in [0.5, 0.6) is 0 Å². The zero-order chi connectivity index (χ0) is 35.5. The van der Waals surface area contributed by atoms with Gasteiger partial charge in [-0.15, -0.1) is 0 Å². The minimum atomic E-state index is -1.76. The molecule has 1 rings (SSSR count). The smallest absolute Gasteiger partial charge is 0.465 e. The van der Waals surface area contributed by atoms with Gasteiger partial charge in [0.05, 0.1) is 18.4 Å². The Bertz CT molecular complexity index is 1330. The number of allylic oxidation sites excluding steroid dienone is 11. The molecule has 1 aromatic heterocycles. The highest BCUT2D eigenvalue weighted by atomic mass is 16.7. The van der Waals surface area contributed by atoms with E-state index in [4.69, 9.17) is 14.6 Å². The number of esters is 3. The van der Waals surface area contributed by atoms with Crippen molar-refractivity contribution in [2.24, 2.45) is 5.41 Å². The molecule has 0 aliphatic carbocycles. The molecule has 1 aromatic rings. The van der Waals surface area contributed by atoms with Crippen molar-refractivity contribution in [2.45, 2.75) is 78.2 Å². The maximum absolute atomic E-state index is 13.0. The quantitative estimate of drug-likeness (QED) is 0.0573. The molecule has 0 bridgehead atoms. The van der Waals surface area contributed by atoms with Crippen LogP contribution in [-0.2, 0) is 28.6 Å². The van der Waals surface area contributed by atoms with Gasteiger partial charge in [0.2, 0.25) is 0 Å². The average molecular weight is 665 g/mol. The number of rotatable bonds is 22. The fourth-order valence-electron chi connectivity index (χ4n) is 3.86. The molecule has 0 spiro atoms. The molecule has 0 fully saturated rings. The summed E-state index contributed by atoms with van der Waals surface area (Å²) < 4.78 is 14.9. The van der Waals surface area contributed by atoms with Gasteiger partial charge in [0.1, 0.15) is 6.61 Å². The summed E-state index contributed by atoms with van der Waals surface area (Å²) in [5.74, 6) is -3.19. The number of pyridine rings is 1. The highest BCUT2D eigenvalue weighted by Crippen LogP contribution is 2.26. The van der Waals surface area contributed by atoms with Crippen LogP contribution in [0.3, 0.4) is 0 Å². The van der Waals surface area contributed by atoms with E-state index in [1.165, 1.54) is 24.5 Å². The molecule has 1 heterocycles. The Kier molecular flexibility index (Phi) is 21.4. The lowest BCUT2D eigenvalue weighted by atomic mass is 9.86. The Labute approximate surface area is 283 Å². The van der Waals surface area contributed by atoms with Crippen LogP contribution in [0.25, 0.3) is 0 Å². The number of carbonyl (C=O) groups excluding carboxylic acids is 4. The molecule has 0 saturated heterocycles. The third kappa shape index (κ3) is 20.1. The van der Waals surface area contributed by atoms with Crippen LogP contribution in [-0.4, -0.2) is 59.3 Å². The number of carbonyl (C=O) groups is 5. The topological polar surface area (TPSA) is 158 Å². The van der Waals surface area contributed by atoms with E-state index in [1.54, 1.807) is 19.9 Å². The molecule has 0 aromatic carbocycles. The van der Waals surface area contributed by atoms with Crippen molar-refractivity contribution in [3.63, 3.8) is 0 Å². The summed E-state index contributed by atoms with van der Waals surface area (Å²) in [6, 6.07) is 2.99. The second-order valence-corrected chi connectivity index (χ2v) is 11.1. The second kappa shape index (κ2) is 25.1. The molecular weight excluding hydrogens is 616 g/mol. The van der Waals surface area contributed by atoms with Gasteiger partial charge in [-0.3, -0.25) is 19.4 Å². The van der Waals surface area contributed by atoms with Gasteiger partial charge in [-0.25, -0.2) is 9.59 Å². The monoisotopic (exact) mass is 664 g/mol. The first-order valence-electron chi connectivity index (χ1n) is 15.9. The highest BCUT2D eigenvalue weighted by molar-refractivity contribution is 5.92. The van der Waals surface area contributed by atoms with E-state index < -0.39 is 47.9 Å². The zero-order valence-corrected chi connectivity index (χ0v) is 28.0. The fraction of sp³-hybridized carbons (Fsp3) is 0.405. The largest absolute Gasteiger partial charge is 0.513 e. The van der Waals surface area contributed by atoms with Crippen molar-refractivity contribution in [1.29, 1.82) is 0 Å². The average Bonchev–Trinajstić information content (AvgIpc) is 3.05. The zero-order valence-electron chi connectivity index (χ0n) is 28.0. The van der Waals surface area contributed by atoms with Crippen molar-refractivity contribution in [3.8, 4) is 0 Å². The van der Waals surface area contributed by atoms with Gasteiger partial charge in [0.25, 0.3) is 5.91 Å². The lowest BCUT2D eigenvalue weighted by Gasteiger charge is -2.32. The summed E-state index contributed by atoms with van der Waals surface area (Å²) in [6.45, 7) is 4.76. The van der Waals surface area contributed by atoms with Crippen molar-refractivity contribution >= 4 is 30.0 Å². The van der Waals surface area contributed by atoms with E-state index in [0.717, 1.165) is 32.1 Å². The summed E-state index contributed by atoms with van der Waals surface area (Å²) in [6.07, 6.45) is 29.3. The summed E-state index contributed by atoms with van der Waals surface area (Å²) in [5, 5.41) is 11.0. The van der Waals surface area contributed by atoms with Crippen LogP contribution in [0, 0.1) is 5.41 Å². The van der Waals surface area contributed by atoms with E-state index >= 15 is 0 Å². The van der Waals surface area contributed by atoms with Crippen molar-refractivity contribution in [1.82, 2.24) is 10.3 Å². The molecule has 48 heavy (non-hydrogen) atoms. The molecule has 1 atom stereocenters. The Morgan fingerprint density at radius 3 is 1.88 bits per heavy atom. The van der Waals surface area contributed by atoms with Crippen LogP contribution >= 0.6 is 0 Å². The predicted octanol–water partition coefficient (Wildman–Crippen LogP) is 6.99. The van der Waals surface area contributed by atoms with Gasteiger partial charge in [0, 0.05) is 24.4 Å². The molecule has 11 heteroatoms. The van der Waals surface area contributed by atoms with Crippen molar-refractivity contribution in [3.05, 3.63) is 103 Å². The third-order valence-electron chi connectivity index (χ3n) is 6.39. The molecule has 11 nitrogen and oxygen atoms in total. The lowest BCUT2D eigenvalue weighted by molar-refractivity contribution is -0.153. The number of hydrogen-bond donors (Lipinski definition) is 2. The van der Waals surface area contributed by atoms with Gasteiger partial charge in [-0.05, 0) is 50.7 Å². The molecule has 260 valence electrons. The van der Waals surface area contributed by atoms with Crippen molar-refractivity contribution in [2.75, 3.05) is 13.2 Å².